The predicted molar refractivity (Wildman–Crippen MR) is 121 cm³/mol. The molecule has 4 fully saturated rings. The van der Waals surface area contributed by atoms with E-state index in [9.17, 15) is 4.79 Å². The lowest BCUT2D eigenvalue weighted by molar-refractivity contribution is -0.130. The summed E-state index contributed by atoms with van der Waals surface area (Å²) in [5.74, 6) is 6.09. The second kappa shape index (κ2) is 8.85. The minimum absolute atomic E-state index is 0.148. The normalized spacial score (nSPS) is 43.5. The number of rotatable bonds is 5. The average Bonchev–Trinajstić information content (AvgIpc) is 3.10. The van der Waals surface area contributed by atoms with Crippen LogP contribution in [0.1, 0.15) is 78.1 Å². The maximum Gasteiger partial charge on any atom is 0.138 e. The lowest BCUT2D eigenvalue weighted by atomic mass is 9.49. The van der Waals surface area contributed by atoms with Crippen molar-refractivity contribution in [2.24, 2.45) is 57.6 Å². The molecule has 4 saturated carbocycles. The molecule has 0 aromatic carbocycles. The van der Waals surface area contributed by atoms with Gasteiger partial charge in [-0.1, -0.05) is 20.3 Å². The quantitative estimate of drug-likeness (QED) is 0.495. The van der Waals surface area contributed by atoms with Crippen molar-refractivity contribution in [2.45, 2.75) is 78.1 Å². The van der Waals surface area contributed by atoms with E-state index in [-0.39, 0.29) is 17.0 Å². The van der Waals surface area contributed by atoms with Crippen molar-refractivity contribution in [1.82, 2.24) is 0 Å². The summed E-state index contributed by atoms with van der Waals surface area (Å²) < 4.78 is 0. The molecule has 4 rings (SSSR count). The molecule has 0 radical (unpaired) electrons. The maximum atomic E-state index is 13.1. The van der Waals surface area contributed by atoms with Crippen LogP contribution >= 0.6 is 0 Å². The van der Waals surface area contributed by atoms with E-state index < -0.39 is 0 Å². The molecule has 2 N–H and O–H groups in total. The van der Waals surface area contributed by atoms with Gasteiger partial charge in [0.2, 0.25) is 0 Å². The van der Waals surface area contributed by atoms with E-state index in [2.05, 4.69) is 18.8 Å². The third-order valence-electron chi connectivity index (χ3n) is 9.58. The number of Topliss-reactive ketones (excluding diaryl/α,β-unsaturated/α-hetero) is 1. The van der Waals surface area contributed by atoms with E-state index >= 15 is 0 Å². The Balaban J connectivity index is 1.38. The highest BCUT2D eigenvalue weighted by Crippen LogP contribution is 2.64. The van der Waals surface area contributed by atoms with Gasteiger partial charge in [0.05, 0.1) is 0 Å². The minimum Gasteiger partial charge on any atom is -0.390 e. The highest BCUT2D eigenvalue weighted by molar-refractivity contribution is 5.83. The van der Waals surface area contributed by atoms with Crippen molar-refractivity contribution in [3.8, 4) is 6.07 Å². The second-order valence-electron chi connectivity index (χ2n) is 11.0. The van der Waals surface area contributed by atoms with Crippen molar-refractivity contribution < 1.29 is 4.79 Å². The molecule has 4 heteroatoms. The fourth-order valence-electron chi connectivity index (χ4n) is 8.21. The summed E-state index contributed by atoms with van der Waals surface area (Å²) in [5.41, 5.74) is 5.81. The van der Waals surface area contributed by atoms with E-state index in [0.29, 0.717) is 18.7 Å². The fourth-order valence-corrected chi connectivity index (χ4v) is 8.21. The van der Waals surface area contributed by atoms with Gasteiger partial charge in [0.25, 0.3) is 0 Å². The van der Waals surface area contributed by atoms with E-state index in [1.165, 1.54) is 57.4 Å². The lowest BCUT2D eigenvalue weighted by Gasteiger charge is -2.56. The number of ketones is 1. The fraction of sp³-hybridized carbons (Fsp3) is 0.808. The summed E-state index contributed by atoms with van der Waals surface area (Å²) in [5, 5.41) is 8.66. The Kier molecular flexibility index (Phi) is 6.37. The van der Waals surface area contributed by atoms with E-state index in [1.807, 2.05) is 6.07 Å². The number of allylic oxidation sites excluding steroid dienone is 2. The SMILES string of the molecule is CC1CCC2C(CCC3C2CCC2(C)C(C(=O)CCN=CC=C(N)C#N)CCC32)C1. The molecule has 0 aliphatic heterocycles. The van der Waals surface area contributed by atoms with Crippen LogP contribution in [0.3, 0.4) is 0 Å². The zero-order valence-electron chi connectivity index (χ0n) is 18.9. The molecule has 8 unspecified atom stereocenters. The monoisotopic (exact) mass is 409 g/mol. The molecule has 0 amide bonds. The van der Waals surface area contributed by atoms with Gasteiger partial charge in [-0.05, 0) is 98.4 Å². The number of carbonyl (C=O) groups is 1. The van der Waals surface area contributed by atoms with Crippen LogP contribution in [-0.2, 0) is 4.79 Å². The van der Waals surface area contributed by atoms with Gasteiger partial charge in [0.1, 0.15) is 17.5 Å². The Morgan fingerprint density at radius 3 is 2.73 bits per heavy atom. The second-order valence-corrected chi connectivity index (χ2v) is 11.0. The predicted octanol–water partition coefficient (Wildman–Crippen LogP) is 5.29. The molecule has 0 heterocycles. The summed E-state index contributed by atoms with van der Waals surface area (Å²) in [6, 6.07) is 1.87. The van der Waals surface area contributed by atoms with Crippen molar-refractivity contribution in [1.29, 1.82) is 5.26 Å². The molecule has 30 heavy (non-hydrogen) atoms. The molecular formula is C26H39N3O. The number of nitrogens with zero attached hydrogens (tertiary/aromatic N) is 2. The molecule has 4 aliphatic carbocycles. The number of nitrogens with two attached hydrogens (primary N) is 1. The number of carbonyl (C=O) groups excluding carboxylic acids is 1. The van der Waals surface area contributed by atoms with E-state index in [0.717, 1.165) is 41.9 Å². The van der Waals surface area contributed by atoms with Crippen molar-refractivity contribution in [3.05, 3.63) is 11.8 Å². The Morgan fingerprint density at radius 1 is 1.13 bits per heavy atom. The van der Waals surface area contributed by atoms with Crippen LogP contribution < -0.4 is 5.73 Å². The lowest BCUT2D eigenvalue weighted by Crippen LogP contribution is -2.49. The third-order valence-corrected chi connectivity index (χ3v) is 9.58. The Hall–Kier alpha value is -1.63. The summed E-state index contributed by atoms with van der Waals surface area (Å²) in [7, 11) is 0. The van der Waals surface area contributed by atoms with E-state index in [1.54, 1.807) is 6.21 Å². The molecule has 0 aromatic rings. The molecule has 8 atom stereocenters. The van der Waals surface area contributed by atoms with Crippen molar-refractivity contribution in [3.63, 3.8) is 0 Å². The molecular weight excluding hydrogens is 370 g/mol. The zero-order chi connectivity index (χ0) is 21.3. The molecule has 0 bridgehead atoms. The number of hydrogen-bond acceptors (Lipinski definition) is 4. The first-order valence-corrected chi connectivity index (χ1v) is 12.3. The van der Waals surface area contributed by atoms with Crippen molar-refractivity contribution in [2.75, 3.05) is 6.54 Å². The van der Waals surface area contributed by atoms with Crippen LogP contribution in [0.2, 0.25) is 0 Å². The summed E-state index contributed by atoms with van der Waals surface area (Å²) in [6.07, 6.45) is 15.7. The van der Waals surface area contributed by atoms with Gasteiger partial charge in [-0.3, -0.25) is 9.79 Å². The van der Waals surface area contributed by atoms with Crippen LogP contribution in [0.4, 0.5) is 0 Å². The molecule has 4 aliphatic rings. The average molecular weight is 410 g/mol. The van der Waals surface area contributed by atoms with Gasteiger partial charge < -0.3 is 5.73 Å². The number of fused-ring (bicyclic) bond motifs is 5. The summed E-state index contributed by atoms with van der Waals surface area (Å²) >= 11 is 0. The number of hydrogen-bond donors (Lipinski definition) is 1. The smallest absolute Gasteiger partial charge is 0.138 e. The van der Waals surface area contributed by atoms with Gasteiger partial charge in [0, 0.05) is 25.1 Å². The highest BCUT2D eigenvalue weighted by atomic mass is 16.1. The van der Waals surface area contributed by atoms with Gasteiger partial charge >= 0.3 is 0 Å². The first kappa shape index (κ1) is 21.6. The standard InChI is InChI=1S/C26H39N3O/c1-17-3-5-20-18(15-17)4-6-22-21(20)9-12-26(2)23(22)7-8-24(26)25(30)11-14-29-13-10-19(28)16-27/h10,13,17-18,20-24H,3-9,11-12,14-15,28H2,1-2H3. The largest absolute Gasteiger partial charge is 0.390 e. The van der Waals surface area contributed by atoms with Gasteiger partial charge in [-0.15, -0.1) is 0 Å². The highest BCUT2D eigenvalue weighted by Gasteiger charge is 2.58. The molecule has 0 spiro atoms. The first-order chi connectivity index (χ1) is 14.4. The minimum atomic E-state index is 0.148. The third kappa shape index (κ3) is 3.97. The van der Waals surface area contributed by atoms with Crippen LogP contribution in [0.25, 0.3) is 0 Å². The zero-order valence-corrected chi connectivity index (χ0v) is 18.9. The Labute approximate surface area is 182 Å². The van der Waals surface area contributed by atoms with Gasteiger partial charge in [0.15, 0.2) is 0 Å². The van der Waals surface area contributed by atoms with Gasteiger partial charge in [-0.25, -0.2) is 0 Å². The summed E-state index contributed by atoms with van der Waals surface area (Å²) in [4.78, 5) is 17.4. The molecule has 0 saturated heterocycles. The number of aliphatic imine (C=N–C) groups is 1. The van der Waals surface area contributed by atoms with Crippen LogP contribution in [0, 0.1) is 58.2 Å². The van der Waals surface area contributed by atoms with Crippen molar-refractivity contribution >= 4 is 12.0 Å². The van der Waals surface area contributed by atoms with E-state index in [4.69, 9.17) is 11.0 Å². The maximum absolute atomic E-state index is 13.1. The first-order valence-electron chi connectivity index (χ1n) is 12.3. The molecule has 4 nitrogen and oxygen atoms in total. The molecule has 164 valence electrons. The summed E-state index contributed by atoms with van der Waals surface area (Å²) in [6.45, 7) is 5.39. The Morgan fingerprint density at radius 2 is 1.93 bits per heavy atom. The van der Waals surface area contributed by atoms with Crippen LogP contribution in [-0.4, -0.2) is 18.5 Å². The molecule has 0 aromatic heterocycles. The topological polar surface area (TPSA) is 79.2 Å². The van der Waals surface area contributed by atoms with Gasteiger partial charge in [-0.2, -0.15) is 5.26 Å². The van der Waals surface area contributed by atoms with Crippen LogP contribution in [0.15, 0.2) is 16.8 Å². The van der Waals surface area contributed by atoms with Crippen LogP contribution in [0.5, 0.6) is 0 Å². The number of nitriles is 1. The Bertz CT molecular complexity index is 750.